The lowest BCUT2D eigenvalue weighted by Gasteiger charge is -2.20. The third-order valence-corrected chi connectivity index (χ3v) is 4.01. The van der Waals surface area contributed by atoms with E-state index >= 15 is 0 Å². The quantitative estimate of drug-likeness (QED) is 0.472. The summed E-state index contributed by atoms with van der Waals surface area (Å²) < 4.78 is 0. The average molecular weight is 336 g/mol. The van der Waals surface area contributed by atoms with Crippen molar-refractivity contribution in [2.75, 3.05) is 0 Å². The minimum atomic E-state index is -1.21. The first-order valence-electron chi connectivity index (χ1n) is 7.37. The molecule has 1 atom stereocenters. The third-order valence-electron chi connectivity index (χ3n) is 3.77. The van der Waals surface area contributed by atoms with Gasteiger partial charge >= 0.3 is 0 Å². The molecule has 1 aromatic carbocycles. The Bertz CT molecular complexity index is 683. The van der Waals surface area contributed by atoms with Gasteiger partial charge in [-0.25, -0.2) is 4.90 Å². The van der Waals surface area contributed by atoms with E-state index in [1.54, 1.807) is 6.92 Å². The molecule has 2 amide bonds. The summed E-state index contributed by atoms with van der Waals surface area (Å²) in [7, 11) is 0. The number of carbonyl (C=O) groups excluding carboxylic acids is 3. The van der Waals surface area contributed by atoms with Crippen LogP contribution in [-0.2, 0) is 4.79 Å². The number of allylic oxidation sites excluding steroid dienone is 1. The number of ketones is 1. The maximum atomic E-state index is 12.3. The van der Waals surface area contributed by atoms with Gasteiger partial charge in [0.25, 0.3) is 11.8 Å². The molecule has 0 saturated carbocycles. The summed E-state index contributed by atoms with van der Waals surface area (Å²) in [5.74, 6) is -1.08. The van der Waals surface area contributed by atoms with Crippen molar-refractivity contribution in [3.05, 3.63) is 46.5 Å². The van der Waals surface area contributed by atoms with Gasteiger partial charge in [0, 0.05) is 11.4 Å². The van der Waals surface area contributed by atoms with Gasteiger partial charge in [-0.3, -0.25) is 14.4 Å². The van der Waals surface area contributed by atoms with Crippen molar-refractivity contribution in [2.45, 2.75) is 38.8 Å². The molecule has 1 aromatic rings. The molecule has 23 heavy (non-hydrogen) atoms. The number of aliphatic hydroxyl groups excluding tert-OH is 1. The lowest BCUT2D eigenvalue weighted by Crippen LogP contribution is -2.39. The topological polar surface area (TPSA) is 74.7 Å². The Balaban J connectivity index is 1.95. The maximum Gasteiger partial charge on any atom is 0.263 e. The van der Waals surface area contributed by atoms with Crippen LogP contribution in [0.2, 0.25) is 5.02 Å². The van der Waals surface area contributed by atoms with Crippen LogP contribution >= 0.6 is 11.6 Å². The van der Waals surface area contributed by atoms with E-state index in [1.165, 1.54) is 18.2 Å². The molecular weight excluding hydrogens is 318 g/mol. The molecule has 0 saturated heterocycles. The number of benzene rings is 1. The molecule has 0 aromatic heterocycles. The molecule has 122 valence electrons. The summed E-state index contributed by atoms with van der Waals surface area (Å²) in [6.07, 6.45) is 0.454. The van der Waals surface area contributed by atoms with Crippen molar-refractivity contribution >= 4 is 29.2 Å². The lowest BCUT2D eigenvalue weighted by atomic mass is 10.1. The van der Waals surface area contributed by atoms with Crippen LogP contribution in [0.25, 0.3) is 0 Å². The van der Waals surface area contributed by atoms with Gasteiger partial charge in [-0.1, -0.05) is 18.2 Å². The Morgan fingerprint density at radius 1 is 1.26 bits per heavy atom. The molecule has 2 rings (SSSR count). The Morgan fingerprint density at radius 2 is 1.91 bits per heavy atom. The number of rotatable bonds is 7. The highest BCUT2D eigenvalue weighted by Crippen LogP contribution is 2.28. The molecule has 1 heterocycles. The van der Waals surface area contributed by atoms with Gasteiger partial charge in [0.2, 0.25) is 0 Å². The first-order chi connectivity index (χ1) is 10.8. The normalized spacial score (nSPS) is 14.8. The number of nitrogens with zero attached hydrogens (tertiary/aromatic N) is 1. The highest BCUT2D eigenvalue weighted by atomic mass is 35.5. The Morgan fingerprint density at radius 3 is 2.57 bits per heavy atom. The van der Waals surface area contributed by atoms with Gasteiger partial charge < -0.3 is 5.11 Å². The van der Waals surface area contributed by atoms with Gasteiger partial charge in [0.1, 0.15) is 6.23 Å². The number of hydrogen-bond acceptors (Lipinski definition) is 4. The third kappa shape index (κ3) is 3.68. The first-order valence-corrected chi connectivity index (χ1v) is 7.75. The Labute approximate surface area is 139 Å². The smallest absolute Gasteiger partial charge is 0.263 e. The number of fused-ring (bicyclic) bond motifs is 1. The van der Waals surface area contributed by atoms with Crippen LogP contribution in [0.5, 0.6) is 0 Å². The number of carbonyl (C=O) groups is 3. The van der Waals surface area contributed by atoms with E-state index in [0.29, 0.717) is 29.9 Å². The molecule has 0 radical (unpaired) electrons. The summed E-state index contributed by atoms with van der Waals surface area (Å²) in [5, 5.41) is 10.5. The number of imide groups is 1. The summed E-state index contributed by atoms with van der Waals surface area (Å²) in [6, 6.07) is 4.44. The largest absolute Gasteiger partial charge is 0.373 e. The number of Topliss-reactive ketones (excluding diaryl/α,β-unsaturated/α-hetero) is 1. The van der Waals surface area contributed by atoms with Crippen LogP contribution in [0, 0.1) is 0 Å². The summed E-state index contributed by atoms with van der Waals surface area (Å²) in [4.78, 5) is 36.8. The van der Waals surface area contributed by atoms with Crippen molar-refractivity contribution in [1.29, 1.82) is 0 Å². The van der Waals surface area contributed by atoms with Crippen molar-refractivity contribution in [1.82, 2.24) is 4.90 Å². The second-order valence-electron chi connectivity index (χ2n) is 5.60. The standard InChI is InChI=1S/C17H18ClNO4/c1-10(2)14(20)5-3-4-6-15(21)19-16(22)12-8-7-11(18)9-13(12)17(19)23/h7-9,15,21H,1,3-6H2,2H3. The zero-order chi connectivity index (χ0) is 17.1. The minimum Gasteiger partial charge on any atom is -0.373 e. The van der Waals surface area contributed by atoms with E-state index in [4.69, 9.17) is 11.6 Å². The second kappa shape index (κ2) is 7.06. The molecule has 0 spiro atoms. The predicted octanol–water partition coefficient (Wildman–Crippen LogP) is 2.96. The first kappa shape index (κ1) is 17.4. The SMILES string of the molecule is C=C(C)C(=O)CCCCC(O)N1C(=O)c2ccc(Cl)cc2C1=O. The number of unbranched alkanes of at least 4 members (excludes halogenated alkanes) is 1. The molecule has 1 N–H and O–H groups in total. The zero-order valence-corrected chi connectivity index (χ0v) is 13.6. The molecule has 1 aliphatic rings. The van der Waals surface area contributed by atoms with E-state index in [0.717, 1.165) is 4.90 Å². The molecule has 0 fully saturated rings. The molecular formula is C17H18ClNO4. The number of amides is 2. The van der Waals surface area contributed by atoms with Gasteiger partial charge in [-0.2, -0.15) is 0 Å². The van der Waals surface area contributed by atoms with Crippen LogP contribution in [0.15, 0.2) is 30.4 Å². The van der Waals surface area contributed by atoms with Gasteiger partial charge in [-0.05, 0) is 50.0 Å². The molecule has 0 aliphatic carbocycles. The van der Waals surface area contributed by atoms with Crippen LogP contribution in [0.1, 0.15) is 53.3 Å². The van der Waals surface area contributed by atoms with E-state index < -0.39 is 18.0 Å². The predicted molar refractivity (Wildman–Crippen MR) is 86.2 cm³/mol. The highest BCUT2D eigenvalue weighted by Gasteiger charge is 2.39. The van der Waals surface area contributed by atoms with E-state index in [2.05, 4.69) is 6.58 Å². The fourth-order valence-corrected chi connectivity index (χ4v) is 2.63. The molecule has 0 bridgehead atoms. The number of aliphatic hydroxyl groups is 1. The van der Waals surface area contributed by atoms with Crippen molar-refractivity contribution in [3.8, 4) is 0 Å². The molecule has 5 nitrogen and oxygen atoms in total. The Hall–Kier alpha value is -1.98. The highest BCUT2D eigenvalue weighted by molar-refractivity contribution is 6.32. The molecule has 1 aliphatic heterocycles. The maximum absolute atomic E-state index is 12.3. The van der Waals surface area contributed by atoms with Gasteiger partial charge in [0.05, 0.1) is 11.1 Å². The van der Waals surface area contributed by atoms with Crippen molar-refractivity contribution in [2.24, 2.45) is 0 Å². The Kier molecular flexibility index (Phi) is 5.34. The van der Waals surface area contributed by atoms with Crippen molar-refractivity contribution < 1.29 is 19.5 Å². The van der Waals surface area contributed by atoms with Crippen molar-refractivity contribution in [3.63, 3.8) is 0 Å². The van der Waals surface area contributed by atoms with E-state index in [9.17, 15) is 19.5 Å². The molecule has 6 heteroatoms. The number of hydrogen-bond donors (Lipinski definition) is 1. The zero-order valence-electron chi connectivity index (χ0n) is 12.8. The van der Waals surface area contributed by atoms with Crippen LogP contribution in [0.4, 0.5) is 0 Å². The minimum absolute atomic E-state index is 0.0186. The second-order valence-corrected chi connectivity index (χ2v) is 6.04. The summed E-state index contributed by atoms with van der Waals surface area (Å²) >= 11 is 5.84. The monoisotopic (exact) mass is 335 g/mol. The van der Waals surface area contributed by atoms with Crippen LogP contribution in [-0.4, -0.2) is 33.8 Å². The van der Waals surface area contributed by atoms with Crippen LogP contribution in [0.3, 0.4) is 0 Å². The number of halogens is 1. The fraction of sp³-hybridized carbons (Fsp3) is 0.353. The van der Waals surface area contributed by atoms with E-state index in [-0.39, 0.29) is 23.3 Å². The fourth-order valence-electron chi connectivity index (χ4n) is 2.46. The van der Waals surface area contributed by atoms with Gasteiger partial charge in [0.15, 0.2) is 5.78 Å². The van der Waals surface area contributed by atoms with Crippen LogP contribution < -0.4 is 0 Å². The van der Waals surface area contributed by atoms with E-state index in [1.807, 2.05) is 0 Å². The lowest BCUT2D eigenvalue weighted by molar-refractivity contribution is -0.115. The summed E-state index contributed by atoms with van der Waals surface area (Å²) in [6.45, 7) is 5.23. The summed E-state index contributed by atoms with van der Waals surface area (Å²) in [5.41, 5.74) is 0.956. The van der Waals surface area contributed by atoms with Gasteiger partial charge in [-0.15, -0.1) is 0 Å². The molecule has 1 unspecified atom stereocenters. The average Bonchev–Trinajstić information content (AvgIpc) is 2.74.